The zero-order chi connectivity index (χ0) is 13.8. The van der Waals surface area contributed by atoms with Crippen LogP contribution in [0.3, 0.4) is 0 Å². The molecule has 18 heavy (non-hydrogen) atoms. The summed E-state index contributed by atoms with van der Waals surface area (Å²) in [5.74, 6) is 0.863. The maximum atomic E-state index is 11.8. The first-order valence-corrected chi connectivity index (χ1v) is 6.14. The molecule has 0 aliphatic carbocycles. The van der Waals surface area contributed by atoms with Gasteiger partial charge < -0.3 is 10.6 Å². The van der Waals surface area contributed by atoms with Crippen LogP contribution in [0.5, 0.6) is 0 Å². The highest BCUT2D eigenvalue weighted by atomic mass is 16.1. The number of hydrogen-bond donors (Lipinski definition) is 2. The number of aromatic nitrogens is 2. The van der Waals surface area contributed by atoms with E-state index in [1.807, 2.05) is 0 Å². The van der Waals surface area contributed by atoms with Gasteiger partial charge in [0.1, 0.15) is 5.82 Å². The predicted molar refractivity (Wildman–Crippen MR) is 72.5 cm³/mol. The SMILES string of the molecule is CNc1ccc(C(=O)NCC(C)C(C)(C)C)nn1. The molecule has 5 nitrogen and oxygen atoms in total. The van der Waals surface area contributed by atoms with E-state index >= 15 is 0 Å². The topological polar surface area (TPSA) is 66.9 Å². The predicted octanol–water partition coefficient (Wildman–Crippen LogP) is 1.93. The number of rotatable bonds is 4. The summed E-state index contributed by atoms with van der Waals surface area (Å²) in [6, 6.07) is 3.39. The minimum Gasteiger partial charge on any atom is -0.372 e. The lowest BCUT2D eigenvalue weighted by Crippen LogP contribution is -2.34. The second-order valence-corrected chi connectivity index (χ2v) is 5.53. The van der Waals surface area contributed by atoms with Crippen molar-refractivity contribution in [1.29, 1.82) is 0 Å². The number of amides is 1. The van der Waals surface area contributed by atoms with Crippen molar-refractivity contribution in [2.45, 2.75) is 27.7 Å². The quantitative estimate of drug-likeness (QED) is 0.857. The van der Waals surface area contributed by atoms with Crippen LogP contribution in [0.25, 0.3) is 0 Å². The van der Waals surface area contributed by atoms with Crippen molar-refractivity contribution in [3.05, 3.63) is 17.8 Å². The lowest BCUT2D eigenvalue weighted by atomic mass is 9.82. The lowest BCUT2D eigenvalue weighted by molar-refractivity contribution is 0.0931. The number of carbonyl (C=O) groups is 1. The Morgan fingerprint density at radius 2 is 2.00 bits per heavy atom. The van der Waals surface area contributed by atoms with Crippen LogP contribution in [-0.2, 0) is 0 Å². The van der Waals surface area contributed by atoms with Gasteiger partial charge in [-0.1, -0.05) is 27.7 Å². The Labute approximate surface area is 108 Å². The molecule has 0 aromatic carbocycles. The highest BCUT2D eigenvalue weighted by Gasteiger charge is 2.20. The first kappa shape index (κ1) is 14.4. The van der Waals surface area contributed by atoms with Gasteiger partial charge in [-0.3, -0.25) is 4.79 Å². The smallest absolute Gasteiger partial charge is 0.271 e. The molecule has 1 amide bonds. The minimum atomic E-state index is -0.179. The molecule has 1 aromatic heterocycles. The van der Waals surface area contributed by atoms with Gasteiger partial charge in [0.05, 0.1) is 0 Å². The maximum absolute atomic E-state index is 11.8. The Balaban J connectivity index is 2.55. The van der Waals surface area contributed by atoms with E-state index in [2.05, 4.69) is 48.5 Å². The average Bonchev–Trinajstić information content (AvgIpc) is 2.34. The summed E-state index contributed by atoms with van der Waals surface area (Å²) >= 11 is 0. The Kier molecular flexibility index (Phi) is 4.64. The van der Waals surface area contributed by atoms with Crippen molar-refractivity contribution in [2.75, 3.05) is 18.9 Å². The molecule has 0 fully saturated rings. The minimum absolute atomic E-state index is 0.176. The Morgan fingerprint density at radius 1 is 1.33 bits per heavy atom. The van der Waals surface area contributed by atoms with Crippen LogP contribution in [0.1, 0.15) is 38.2 Å². The third-order valence-electron chi connectivity index (χ3n) is 3.20. The second kappa shape index (κ2) is 5.80. The largest absolute Gasteiger partial charge is 0.372 e. The van der Waals surface area contributed by atoms with Gasteiger partial charge >= 0.3 is 0 Å². The fourth-order valence-electron chi connectivity index (χ4n) is 1.23. The molecule has 0 aliphatic rings. The van der Waals surface area contributed by atoms with E-state index in [1.165, 1.54) is 0 Å². The van der Waals surface area contributed by atoms with Gasteiger partial charge in [-0.15, -0.1) is 10.2 Å². The third kappa shape index (κ3) is 3.98. The number of nitrogens with zero attached hydrogens (tertiary/aromatic N) is 2. The normalized spacial score (nSPS) is 12.9. The summed E-state index contributed by atoms with van der Waals surface area (Å²) in [5, 5.41) is 13.5. The molecule has 0 aliphatic heterocycles. The van der Waals surface area contributed by atoms with Crippen molar-refractivity contribution in [1.82, 2.24) is 15.5 Å². The Morgan fingerprint density at radius 3 is 2.44 bits per heavy atom. The standard InChI is InChI=1S/C13H22N4O/c1-9(13(2,3)4)8-15-12(18)10-6-7-11(14-5)17-16-10/h6-7,9H,8H2,1-5H3,(H,14,17)(H,15,18). The third-order valence-corrected chi connectivity index (χ3v) is 3.20. The number of hydrogen-bond acceptors (Lipinski definition) is 4. The molecule has 0 saturated carbocycles. The summed E-state index contributed by atoms with van der Waals surface area (Å²) in [6.45, 7) is 9.23. The summed E-state index contributed by atoms with van der Waals surface area (Å²) in [5.41, 5.74) is 0.518. The molecular weight excluding hydrogens is 228 g/mol. The van der Waals surface area contributed by atoms with Crippen LogP contribution >= 0.6 is 0 Å². The molecule has 1 unspecified atom stereocenters. The molecule has 0 saturated heterocycles. The monoisotopic (exact) mass is 250 g/mol. The highest BCUT2D eigenvalue weighted by molar-refractivity contribution is 5.92. The summed E-state index contributed by atoms with van der Waals surface area (Å²) in [4.78, 5) is 11.8. The van der Waals surface area contributed by atoms with Crippen LogP contribution in [0, 0.1) is 11.3 Å². The van der Waals surface area contributed by atoms with Crippen molar-refractivity contribution >= 4 is 11.7 Å². The zero-order valence-corrected chi connectivity index (χ0v) is 11.7. The van der Waals surface area contributed by atoms with Gasteiger partial charge in [0, 0.05) is 13.6 Å². The van der Waals surface area contributed by atoms with Crippen molar-refractivity contribution in [3.63, 3.8) is 0 Å². The summed E-state index contributed by atoms with van der Waals surface area (Å²) in [6.07, 6.45) is 0. The van der Waals surface area contributed by atoms with Crippen LogP contribution in [0.15, 0.2) is 12.1 Å². The van der Waals surface area contributed by atoms with Crippen LogP contribution in [0.2, 0.25) is 0 Å². The molecular formula is C13H22N4O. The Bertz CT molecular complexity index is 394. The maximum Gasteiger partial charge on any atom is 0.271 e. The van der Waals surface area contributed by atoms with Crippen LogP contribution < -0.4 is 10.6 Å². The van der Waals surface area contributed by atoms with E-state index in [-0.39, 0.29) is 11.3 Å². The molecule has 5 heteroatoms. The molecule has 0 bridgehead atoms. The number of anilines is 1. The van der Waals surface area contributed by atoms with E-state index in [9.17, 15) is 4.79 Å². The first-order chi connectivity index (χ1) is 8.34. The molecule has 0 radical (unpaired) electrons. The average molecular weight is 250 g/mol. The van der Waals surface area contributed by atoms with Gasteiger partial charge in [0.15, 0.2) is 5.69 Å². The van der Waals surface area contributed by atoms with Crippen LogP contribution in [-0.4, -0.2) is 29.7 Å². The van der Waals surface area contributed by atoms with E-state index < -0.39 is 0 Å². The van der Waals surface area contributed by atoms with Gasteiger partial charge in [-0.2, -0.15) is 0 Å². The fraction of sp³-hybridized carbons (Fsp3) is 0.615. The van der Waals surface area contributed by atoms with Crippen molar-refractivity contribution in [3.8, 4) is 0 Å². The number of carbonyl (C=O) groups excluding carboxylic acids is 1. The molecule has 2 N–H and O–H groups in total. The molecule has 1 heterocycles. The first-order valence-electron chi connectivity index (χ1n) is 6.14. The molecule has 1 atom stereocenters. The van der Waals surface area contributed by atoms with E-state index in [1.54, 1.807) is 19.2 Å². The number of nitrogens with one attached hydrogen (secondary N) is 2. The molecule has 1 aromatic rings. The lowest BCUT2D eigenvalue weighted by Gasteiger charge is -2.27. The van der Waals surface area contributed by atoms with Gasteiger partial charge in [0.2, 0.25) is 0 Å². The van der Waals surface area contributed by atoms with E-state index in [4.69, 9.17) is 0 Å². The van der Waals surface area contributed by atoms with Gasteiger partial charge in [-0.25, -0.2) is 0 Å². The summed E-state index contributed by atoms with van der Waals surface area (Å²) < 4.78 is 0. The van der Waals surface area contributed by atoms with Crippen LogP contribution in [0.4, 0.5) is 5.82 Å². The Hall–Kier alpha value is -1.65. The molecule has 100 valence electrons. The zero-order valence-electron chi connectivity index (χ0n) is 11.7. The summed E-state index contributed by atoms with van der Waals surface area (Å²) in [7, 11) is 1.76. The fourth-order valence-corrected chi connectivity index (χ4v) is 1.23. The van der Waals surface area contributed by atoms with Crippen molar-refractivity contribution in [2.24, 2.45) is 11.3 Å². The highest BCUT2D eigenvalue weighted by Crippen LogP contribution is 2.24. The second-order valence-electron chi connectivity index (χ2n) is 5.53. The van der Waals surface area contributed by atoms with Gasteiger partial charge in [-0.05, 0) is 23.5 Å². The van der Waals surface area contributed by atoms with E-state index in [0.717, 1.165) is 0 Å². The van der Waals surface area contributed by atoms with Gasteiger partial charge in [0.25, 0.3) is 5.91 Å². The van der Waals surface area contributed by atoms with E-state index in [0.29, 0.717) is 24.0 Å². The molecule has 1 rings (SSSR count). The molecule has 0 spiro atoms. The van der Waals surface area contributed by atoms with Crippen molar-refractivity contribution < 1.29 is 4.79 Å².